The monoisotopic (exact) mass is 315 g/mol. The van der Waals surface area contributed by atoms with Crippen molar-refractivity contribution in [1.29, 1.82) is 0 Å². The van der Waals surface area contributed by atoms with Crippen molar-refractivity contribution in [2.75, 3.05) is 13.2 Å². The minimum absolute atomic E-state index is 0.0194. The number of ketones is 2. The van der Waals surface area contributed by atoms with Gasteiger partial charge in [0, 0.05) is 24.6 Å². The second kappa shape index (κ2) is 6.56. The van der Waals surface area contributed by atoms with Crippen LogP contribution in [0.25, 0.3) is 0 Å². The van der Waals surface area contributed by atoms with Crippen molar-refractivity contribution in [3.05, 3.63) is 53.6 Å². The molecule has 0 aliphatic carbocycles. The number of nitrogens with zero attached hydrogens (tertiary/aromatic N) is 1. The maximum atomic E-state index is 13.5. The van der Waals surface area contributed by atoms with Gasteiger partial charge in [-0.05, 0) is 30.3 Å². The molecule has 118 valence electrons. The van der Waals surface area contributed by atoms with Crippen LogP contribution in [0.5, 0.6) is 11.5 Å². The summed E-state index contributed by atoms with van der Waals surface area (Å²) < 4.78 is 24.3. The molecule has 0 bridgehead atoms. The molecule has 1 aromatic carbocycles. The summed E-state index contributed by atoms with van der Waals surface area (Å²) >= 11 is 0. The molecule has 0 N–H and O–H groups in total. The minimum Gasteiger partial charge on any atom is -0.486 e. The van der Waals surface area contributed by atoms with E-state index >= 15 is 0 Å². The number of Topliss-reactive ketones (excluding diaryl/α,β-unsaturated/α-hetero) is 2. The lowest BCUT2D eigenvalue weighted by molar-refractivity contribution is 0.0912. The molecule has 0 amide bonds. The first-order valence-corrected chi connectivity index (χ1v) is 7.22. The van der Waals surface area contributed by atoms with Crippen molar-refractivity contribution in [2.24, 2.45) is 0 Å². The standard InChI is InChI=1S/C17H14FNO4/c18-12-2-1-7-19-17(12)14(21)5-4-13(20)11-3-6-15-16(10-11)23-9-8-22-15/h1-3,6-7,10H,4-5,8-9H2. The number of hydrogen-bond donors (Lipinski definition) is 0. The van der Waals surface area contributed by atoms with Gasteiger partial charge in [0.1, 0.15) is 18.9 Å². The van der Waals surface area contributed by atoms with E-state index in [1.165, 1.54) is 18.3 Å². The average Bonchev–Trinajstić information content (AvgIpc) is 2.59. The molecule has 23 heavy (non-hydrogen) atoms. The Kier molecular flexibility index (Phi) is 4.32. The van der Waals surface area contributed by atoms with Gasteiger partial charge in [-0.1, -0.05) is 0 Å². The smallest absolute Gasteiger partial charge is 0.184 e. The highest BCUT2D eigenvalue weighted by Gasteiger charge is 2.18. The average molecular weight is 315 g/mol. The Hall–Kier alpha value is -2.76. The molecule has 0 saturated heterocycles. The summed E-state index contributed by atoms with van der Waals surface area (Å²) in [7, 11) is 0. The second-order valence-electron chi connectivity index (χ2n) is 5.04. The summed E-state index contributed by atoms with van der Waals surface area (Å²) in [5.41, 5.74) is 0.200. The fourth-order valence-electron chi connectivity index (χ4n) is 2.30. The van der Waals surface area contributed by atoms with Gasteiger partial charge >= 0.3 is 0 Å². The van der Waals surface area contributed by atoms with Gasteiger partial charge in [-0.25, -0.2) is 4.39 Å². The lowest BCUT2D eigenvalue weighted by Crippen LogP contribution is -2.16. The second-order valence-corrected chi connectivity index (χ2v) is 5.04. The lowest BCUT2D eigenvalue weighted by atomic mass is 10.0. The van der Waals surface area contributed by atoms with Gasteiger partial charge in [-0.2, -0.15) is 0 Å². The van der Waals surface area contributed by atoms with E-state index in [-0.39, 0.29) is 24.3 Å². The third kappa shape index (κ3) is 3.36. The van der Waals surface area contributed by atoms with Crippen LogP contribution in [0.1, 0.15) is 33.7 Å². The van der Waals surface area contributed by atoms with E-state index in [0.717, 1.165) is 0 Å². The van der Waals surface area contributed by atoms with Gasteiger partial charge < -0.3 is 9.47 Å². The van der Waals surface area contributed by atoms with Crippen LogP contribution in [0.3, 0.4) is 0 Å². The van der Waals surface area contributed by atoms with E-state index in [0.29, 0.717) is 30.3 Å². The summed E-state index contributed by atoms with van der Waals surface area (Å²) in [6.07, 6.45) is 1.23. The SMILES string of the molecule is O=C(CCC(=O)c1ncccc1F)c1ccc2c(c1)OCCO2. The Morgan fingerprint density at radius 2 is 1.78 bits per heavy atom. The molecule has 0 atom stereocenters. The van der Waals surface area contributed by atoms with Crippen LogP contribution in [0.15, 0.2) is 36.5 Å². The van der Waals surface area contributed by atoms with Crippen LogP contribution < -0.4 is 9.47 Å². The quantitative estimate of drug-likeness (QED) is 0.794. The summed E-state index contributed by atoms with van der Waals surface area (Å²) in [6.45, 7) is 0.909. The van der Waals surface area contributed by atoms with Crippen LogP contribution in [0, 0.1) is 5.82 Å². The zero-order valence-corrected chi connectivity index (χ0v) is 12.3. The number of fused-ring (bicyclic) bond motifs is 1. The maximum absolute atomic E-state index is 13.5. The number of benzene rings is 1. The van der Waals surface area contributed by atoms with Crippen molar-refractivity contribution in [3.8, 4) is 11.5 Å². The molecule has 2 aromatic rings. The third-order valence-corrected chi connectivity index (χ3v) is 3.47. The molecular weight excluding hydrogens is 301 g/mol. The number of rotatable bonds is 5. The topological polar surface area (TPSA) is 65.5 Å². The highest BCUT2D eigenvalue weighted by molar-refractivity contribution is 6.01. The Morgan fingerprint density at radius 1 is 1.04 bits per heavy atom. The molecule has 3 rings (SSSR count). The maximum Gasteiger partial charge on any atom is 0.184 e. The zero-order valence-electron chi connectivity index (χ0n) is 12.3. The predicted octanol–water partition coefficient (Wildman–Crippen LogP) is 2.84. The fraction of sp³-hybridized carbons (Fsp3) is 0.235. The molecule has 1 aliphatic heterocycles. The van der Waals surface area contributed by atoms with Crippen LogP contribution in [0.2, 0.25) is 0 Å². The van der Waals surface area contributed by atoms with E-state index in [1.807, 2.05) is 0 Å². The van der Waals surface area contributed by atoms with E-state index < -0.39 is 11.6 Å². The molecular formula is C17H14FNO4. The van der Waals surface area contributed by atoms with Crippen molar-refractivity contribution < 1.29 is 23.5 Å². The highest BCUT2D eigenvalue weighted by Crippen LogP contribution is 2.31. The number of ether oxygens (including phenoxy) is 2. The molecule has 6 heteroatoms. The molecule has 5 nitrogen and oxygen atoms in total. The van der Waals surface area contributed by atoms with Crippen molar-refractivity contribution in [3.63, 3.8) is 0 Å². The van der Waals surface area contributed by atoms with Crippen LogP contribution in [0.4, 0.5) is 4.39 Å². The Labute approximate surface area is 132 Å². The van der Waals surface area contributed by atoms with E-state index in [2.05, 4.69) is 4.98 Å². The van der Waals surface area contributed by atoms with E-state index in [9.17, 15) is 14.0 Å². The number of carbonyl (C=O) groups excluding carboxylic acids is 2. The summed E-state index contributed by atoms with van der Waals surface area (Å²) in [5.74, 6) is -0.270. The van der Waals surface area contributed by atoms with Crippen LogP contribution >= 0.6 is 0 Å². The first-order chi connectivity index (χ1) is 11.1. The van der Waals surface area contributed by atoms with E-state index in [1.54, 1.807) is 18.2 Å². The van der Waals surface area contributed by atoms with Gasteiger partial charge in [-0.15, -0.1) is 0 Å². The number of hydrogen-bond acceptors (Lipinski definition) is 5. The predicted molar refractivity (Wildman–Crippen MR) is 79.5 cm³/mol. The van der Waals surface area contributed by atoms with Gasteiger partial charge in [0.2, 0.25) is 0 Å². The number of aromatic nitrogens is 1. The Balaban J connectivity index is 1.66. The first kappa shape index (κ1) is 15.1. The first-order valence-electron chi connectivity index (χ1n) is 7.22. The fourth-order valence-corrected chi connectivity index (χ4v) is 2.30. The molecule has 1 aliphatic rings. The van der Waals surface area contributed by atoms with Gasteiger partial charge in [-0.3, -0.25) is 14.6 Å². The van der Waals surface area contributed by atoms with Crippen molar-refractivity contribution >= 4 is 11.6 Å². The van der Waals surface area contributed by atoms with Crippen LogP contribution in [-0.2, 0) is 0 Å². The molecule has 0 saturated carbocycles. The Bertz CT molecular complexity index is 760. The number of pyridine rings is 1. The zero-order chi connectivity index (χ0) is 16.2. The van der Waals surface area contributed by atoms with Crippen molar-refractivity contribution in [1.82, 2.24) is 4.98 Å². The molecule has 0 radical (unpaired) electrons. The normalized spacial score (nSPS) is 12.7. The molecule has 2 heterocycles. The molecule has 0 fully saturated rings. The summed E-state index contributed by atoms with van der Waals surface area (Å²) in [6, 6.07) is 7.47. The highest BCUT2D eigenvalue weighted by atomic mass is 19.1. The minimum atomic E-state index is -0.677. The third-order valence-electron chi connectivity index (χ3n) is 3.47. The van der Waals surface area contributed by atoms with Gasteiger partial charge in [0.15, 0.2) is 28.9 Å². The molecule has 0 unspecified atom stereocenters. The van der Waals surface area contributed by atoms with Gasteiger partial charge in [0.05, 0.1) is 0 Å². The largest absolute Gasteiger partial charge is 0.486 e. The molecule has 1 aromatic heterocycles. The van der Waals surface area contributed by atoms with Crippen LogP contribution in [-0.4, -0.2) is 29.8 Å². The molecule has 0 spiro atoms. The number of carbonyl (C=O) groups is 2. The van der Waals surface area contributed by atoms with Crippen molar-refractivity contribution in [2.45, 2.75) is 12.8 Å². The van der Waals surface area contributed by atoms with E-state index in [4.69, 9.17) is 9.47 Å². The summed E-state index contributed by atoms with van der Waals surface area (Å²) in [4.78, 5) is 27.8. The Morgan fingerprint density at radius 3 is 2.57 bits per heavy atom. The lowest BCUT2D eigenvalue weighted by Gasteiger charge is -2.18. The summed E-state index contributed by atoms with van der Waals surface area (Å²) in [5, 5.41) is 0. The van der Waals surface area contributed by atoms with Gasteiger partial charge in [0.25, 0.3) is 0 Å². The number of halogens is 1.